The number of likely N-dealkylation sites (N-methyl/N-ethyl adjacent to an activating group) is 1. The summed E-state index contributed by atoms with van der Waals surface area (Å²) >= 11 is 0. The molecule has 0 radical (unpaired) electrons. The number of allylic oxidation sites excluding steroid dienone is 5. The molecule has 0 N–H and O–H groups in total. The molecule has 1 nitrogen and oxygen atoms in total. The van der Waals surface area contributed by atoms with E-state index in [1.807, 2.05) is 0 Å². The Hall–Kier alpha value is -0.980. The number of nitrogens with zero attached hydrogens (tertiary/aromatic N) is 1. The highest BCUT2D eigenvalue weighted by Crippen LogP contribution is 2.28. The normalized spacial score (nSPS) is 21.6. The molecule has 0 atom stereocenters. The van der Waals surface area contributed by atoms with E-state index in [0.29, 0.717) is 0 Å². The zero-order valence-electron chi connectivity index (χ0n) is 7.59. The standard InChI is InChI=1S/C11H15N/c1-2-12-9-8-10-6-4-3-5-7-11(10)12/h3,5-7H,2,4,8-9H2,1H3. The molecular formula is C11H15N. The summed E-state index contributed by atoms with van der Waals surface area (Å²) in [6.45, 7) is 4.57. The Labute approximate surface area is 74.1 Å². The van der Waals surface area contributed by atoms with Gasteiger partial charge in [-0.05, 0) is 31.4 Å². The first-order valence-electron chi connectivity index (χ1n) is 4.73. The Balaban J connectivity index is 2.29. The van der Waals surface area contributed by atoms with Crippen LogP contribution in [0.5, 0.6) is 0 Å². The summed E-state index contributed by atoms with van der Waals surface area (Å²) in [5, 5.41) is 0. The summed E-state index contributed by atoms with van der Waals surface area (Å²) in [7, 11) is 0. The lowest BCUT2D eigenvalue weighted by Gasteiger charge is -2.16. The second-order valence-electron chi connectivity index (χ2n) is 3.27. The molecule has 64 valence electrons. The van der Waals surface area contributed by atoms with Gasteiger partial charge in [-0.15, -0.1) is 0 Å². The largest absolute Gasteiger partial charge is 0.371 e. The first-order valence-corrected chi connectivity index (χ1v) is 4.73. The van der Waals surface area contributed by atoms with Crippen LogP contribution >= 0.6 is 0 Å². The minimum absolute atomic E-state index is 1.10. The van der Waals surface area contributed by atoms with E-state index in [9.17, 15) is 0 Å². The fourth-order valence-corrected chi connectivity index (χ4v) is 1.90. The third-order valence-corrected chi connectivity index (χ3v) is 2.59. The Kier molecular flexibility index (Phi) is 2.03. The fraction of sp³-hybridized carbons (Fsp3) is 0.455. The van der Waals surface area contributed by atoms with Crippen molar-refractivity contribution in [3.8, 4) is 0 Å². The summed E-state index contributed by atoms with van der Waals surface area (Å²) in [6.07, 6.45) is 11.3. The van der Waals surface area contributed by atoms with Crippen LogP contribution in [0.2, 0.25) is 0 Å². The summed E-state index contributed by atoms with van der Waals surface area (Å²) in [6, 6.07) is 0. The third-order valence-electron chi connectivity index (χ3n) is 2.59. The third kappa shape index (κ3) is 1.20. The smallest absolute Gasteiger partial charge is 0.0396 e. The zero-order chi connectivity index (χ0) is 8.39. The Bertz CT molecular complexity index is 258. The second-order valence-corrected chi connectivity index (χ2v) is 3.27. The maximum atomic E-state index is 2.45. The molecule has 1 fully saturated rings. The van der Waals surface area contributed by atoms with Gasteiger partial charge in [-0.25, -0.2) is 0 Å². The van der Waals surface area contributed by atoms with E-state index in [0.717, 1.165) is 13.0 Å². The van der Waals surface area contributed by atoms with Gasteiger partial charge in [0, 0.05) is 18.8 Å². The molecule has 0 unspecified atom stereocenters. The predicted molar refractivity (Wildman–Crippen MR) is 51.8 cm³/mol. The molecule has 0 amide bonds. The molecule has 1 aliphatic heterocycles. The molecule has 0 bridgehead atoms. The van der Waals surface area contributed by atoms with Crippen molar-refractivity contribution in [2.45, 2.75) is 19.8 Å². The summed E-state index contributed by atoms with van der Waals surface area (Å²) in [4.78, 5) is 2.45. The quantitative estimate of drug-likeness (QED) is 0.571. The number of likely N-dealkylation sites (tertiary alicyclic amines) is 1. The van der Waals surface area contributed by atoms with Crippen molar-refractivity contribution in [1.82, 2.24) is 4.90 Å². The minimum Gasteiger partial charge on any atom is -0.371 e. The number of hydrogen-bond acceptors (Lipinski definition) is 1. The van der Waals surface area contributed by atoms with E-state index in [2.05, 4.69) is 36.1 Å². The molecule has 0 aromatic heterocycles. The lowest BCUT2D eigenvalue weighted by Crippen LogP contribution is -2.16. The van der Waals surface area contributed by atoms with Crippen molar-refractivity contribution in [2.75, 3.05) is 13.1 Å². The highest BCUT2D eigenvalue weighted by molar-refractivity contribution is 5.38. The maximum absolute atomic E-state index is 2.45. The van der Waals surface area contributed by atoms with Crippen LogP contribution in [0.15, 0.2) is 35.6 Å². The van der Waals surface area contributed by atoms with Gasteiger partial charge in [0.15, 0.2) is 0 Å². The average Bonchev–Trinajstić information content (AvgIpc) is 2.33. The highest BCUT2D eigenvalue weighted by atomic mass is 15.1. The molecule has 2 aliphatic rings. The molecule has 0 saturated carbocycles. The Morgan fingerprint density at radius 3 is 3.25 bits per heavy atom. The fourth-order valence-electron chi connectivity index (χ4n) is 1.90. The molecule has 1 heterocycles. The van der Waals surface area contributed by atoms with Gasteiger partial charge in [0.1, 0.15) is 0 Å². The Morgan fingerprint density at radius 2 is 2.42 bits per heavy atom. The van der Waals surface area contributed by atoms with E-state index in [4.69, 9.17) is 0 Å². The molecule has 1 saturated heterocycles. The van der Waals surface area contributed by atoms with E-state index in [-0.39, 0.29) is 0 Å². The van der Waals surface area contributed by atoms with E-state index >= 15 is 0 Å². The first-order chi connectivity index (χ1) is 5.92. The van der Waals surface area contributed by atoms with Crippen molar-refractivity contribution >= 4 is 0 Å². The van der Waals surface area contributed by atoms with Gasteiger partial charge in [0.05, 0.1) is 0 Å². The average molecular weight is 161 g/mol. The minimum atomic E-state index is 1.10. The van der Waals surface area contributed by atoms with Crippen molar-refractivity contribution in [3.05, 3.63) is 35.6 Å². The summed E-state index contributed by atoms with van der Waals surface area (Å²) in [5.74, 6) is 0. The van der Waals surface area contributed by atoms with E-state index < -0.39 is 0 Å². The number of fused-ring (bicyclic) bond motifs is 1. The molecule has 0 aromatic carbocycles. The SMILES string of the molecule is CCN1CCC2=CCC=CC=C21. The number of rotatable bonds is 1. The summed E-state index contributed by atoms with van der Waals surface area (Å²) in [5.41, 5.74) is 2.99. The van der Waals surface area contributed by atoms with Crippen LogP contribution in [0, 0.1) is 0 Å². The number of hydrogen-bond donors (Lipinski definition) is 0. The molecule has 1 heteroatoms. The molecule has 1 aliphatic carbocycles. The maximum Gasteiger partial charge on any atom is 0.0396 e. The predicted octanol–water partition coefficient (Wildman–Crippen LogP) is 2.48. The monoisotopic (exact) mass is 161 g/mol. The van der Waals surface area contributed by atoms with Gasteiger partial charge in [0.25, 0.3) is 0 Å². The van der Waals surface area contributed by atoms with Gasteiger partial charge in [-0.3, -0.25) is 0 Å². The van der Waals surface area contributed by atoms with Crippen LogP contribution in [0.1, 0.15) is 19.8 Å². The molecular weight excluding hydrogens is 146 g/mol. The van der Waals surface area contributed by atoms with Crippen LogP contribution in [-0.4, -0.2) is 18.0 Å². The van der Waals surface area contributed by atoms with Crippen LogP contribution in [0.25, 0.3) is 0 Å². The van der Waals surface area contributed by atoms with Crippen LogP contribution in [-0.2, 0) is 0 Å². The van der Waals surface area contributed by atoms with E-state index in [1.165, 1.54) is 18.7 Å². The van der Waals surface area contributed by atoms with Gasteiger partial charge < -0.3 is 4.90 Å². The first kappa shape index (κ1) is 7.66. The Morgan fingerprint density at radius 1 is 1.50 bits per heavy atom. The second kappa shape index (κ2) is 3.18. The van der Waals surface area contributed by atoms with E-state index in [1.54, 1.807) is 5.57 Å². The van der Waals surface area contributed by atoms with Gasteiger partial charge in [0.2, 0.25) is 0 Å². The van der Waals surface area contributed by atoms with Crippen molar-refractivity contribution in [2.24, 2.45) is 0 Å². The lowest BCUT2D eigenvalue weighted by atomic mass is 10.1. The van der Waals surface area contributed by atoms with Crippen molar-refractivity contribution in [1.29, 1.82) is 0 Å². The highest BCUT2D eigenvalue weighted by Gasteiger charge is 2.19. The molecule has 0 aromatic rings. The molecule has 12 heavy (non-hydrogen) atoms. The molecule has 2 rings (SSSR count). The van der Waals surface area contributed by atoms with Crippen LogP contribution < -0.4 is 0 Å². The van der Waals surface area contributed by atoms with Crippen molar-refractivity contribution < 1.29 is 0 Å². The van der Waals surface area contributed by atoms with Crippen molar-refractivity contribution in [3.63, 3.8) is 0 Å². The zero-order valence-corrected chi connectivity index (χ0v) is 7.59. The van der Waals surface area contributed by atoms with Crippen LogP contribution in [0.3, 0.4) is 0 Å². The molecule has 0 spiro atoms. The van der Waals surface area contributed by atoms with Gasteiger partial charge in [-0.1, -0.05) is 18.2 Å². The lowest BCUT2D eigenvalue weighted by molar-refractivity contribution is 0.417. The van der Waals surface area contributed by atoms with Gasteiger partial charge in [-0.2, -0.15) is 0 Å². The van der Waals surface area contributed by atoms with Gasteiger partial charge >= 0.3 is 0 Å². The summed E-state index contributed by atoms with van der Waals surface area (Å²) < 4.78 is 0. The topological polar surface area (TPSA) is 3.24 Å². The van der Waals surface area contributed by atoms with Crippen LogP contribution in [0.4, 0.5) is 0 Å².